The molecule has 0 amide bonds. The van der Waals surface area contributed by atoms with Crippen molar-refractivity contribution in [1.29, 1.82) is 0 Å². The summed E-state index contributed by atoms with van der Waals surface area (Å²) >= 11 is 5.11. The van der Waals surface area contributed by atoms with Crippen LogP contribution in [-0.2, 0) is 6.42 Å². The predicted molar refractivity (Wildman–Crippen MR) is 94.6 cm³/mol. The topological polar surface area (TPSA) is 79.6 Å². The van der Waals surface area contributed by atoms with Gasteiger partial charge in [0.1, 0.15) is 0 Å². The third-order valence-corrected chi connectivity index (χ3v) is 3.24. The summed E-state index contributed by atoms with van der Waals surface area (Å²) in [6.07, 6.45) is 2.34. The molecule has 0 radical (unpaired) electrons. The van der Waals surface area contributed by atoms with Gasteiger partial charge in [-0.1, -0.05) is 42.5 Å². The van der Waals surface area contributed by atoms with Crippen molar-refractivity contribution in [2.45, 2.75) is 6.42 Å². The SMILES string of the molecule is O=[N+]([O-])c1cccc(/C=N\NC(=S)NCCc2ccccc2)c1. The fourth-order valence-electron chi connectivity index (χ4n) is 1.89. The number of hydrogen-bond donors (Lipinski definition) is 2. The maximum absolute atomic E-state index is 10.7. The molecular weight excluding hydrogens is 312 g/mol. The van der Waals surface area contributed by atoms with Gasteiger partial charge in [-0.15, -0.1) is 0 Å². The van der Waals surface area contributed by atoms with E-state index in [9.17, 15) is 10.1 Å². The first-order chi connectivity index (χ1) is 11.1. The van der Waals surface area contributed by atoms with Crippen molar-refractivity contribution < 1.29 is 4.92 Å². The molecule has 0 saturated heterocycles. The van der Waals surface area contributed by atoms with Gasteiger partial charge in [-0.05, 0) is 24.2 Å². The van der Waals surface area contributed by atoms with Gasteiger partial charge in [0.05, 0.1) is 11.1 Å². The van der Waals surface area contributed by atoms with Gasteiger partial charge in [-0.25, -0.2) is 0 Å². The Kier molecular flexibility index (Phi) is 6.19. The molecule has 0 bridgehead atoms. The number of hydrazone groups is 1. The molecule has 7 heteroatoms. The molecule has 0 saturated carbocycles. The molecule has 2 aromatic rings. The minimum Gasteiger partial charge on any atom is -0.361 e. The Morgan fingerprint density at radius 3 is 2.74 bits per heavy atom. The van der Waals surface area contributed by atoms with Crippen LogP contribution in [0.5, 0.6) is 0 Å². The van der Waals surface area contributed by atoms with Crippen molar-refractivity contribution in [2.24, 2.45) is 5.10 Å². The lowest BCUT2D eigenvalue weighted by atomic mass is 10.1. The molecule has 0 spiro atoms. The van der Waals surface area contributed by atoms with Crippen molar-refractivity contribution in [1.82, 2.24) is 10.7 Å². The highest BCUT2D eigenvalue weighted by molar-refractivity contribution is 7.80. The Morgan fingerprint density at radius 1 is 1.22 bits per heavy atom. The second-order valence-corrected chi connectivity index (χ2v) is 5.12. The lowest BCUT2D eigenvalue weighted by molar-refractivity contribution is -0.384. The highest BCUT2D eigenvalue weighted by Gasteiger charge is 2.03. The van der Waals surface area contributed by atoms with Crippen molar-refractivity contribution in [3.05, 3.63) is 75.8 Å². The molecule has 0 heterocycles. The summed E-state index contributed by atoms with van der Waals surface area (Å²) in [4.78, 5) is 10.2. The summed E-state index contributed by atoms with van der Waals surface area (Å²) in [5, 5.41) is 18.1. The average molecular weight is 328 g/mol. The lowest BCUT2D eigenvalue weighted by Crippen LogP contribution is -2.33. The molecule has 118 valence electrons. The average Bonchev–Trinajstić information content (AvgIpc) is 2.56. The van der Waals surface area contributed by atoms with Crippen LogP contribution in [-0.4, -0.2) is 22.8 Å². The summed E-state index contributed by atoms with van der Waals surface area (Å²) in [5.41, 5.74) is 4.56. The summed E-state index contributed by atoms with van der Waals surface area (Å²) < 4.78 is 0. The number of rotatable bonds is 6. The van der Waals surface area contributed by atoms with Gasteiger partial charge in [0, 0.05) is 24.2 Å². The molecule has 0 unspecified atom stereocenters. The van der Waals surface area contributed by atoms with Crippen LogP contribution in [0.1, 0.15) is 11.1 Å². The van der Waals surface area contributed by atoms with Crippen molar-refractivity contribution >= 4 is 29.2 Å². The van der Waals surface area contributed by atoms with E-state index >= 15 is 0 Å². The van der Waals surface area contributed by atoms with E-state index in [4.69, 9.17) is 12.2 Å². The third kappa shape index (κ3) is 5.84. The summed E-state index contributed by atoms with van der Waals surface area (Å²) in [7, 11) is 0. The van der Waals surface area contributed by atoms with Crippen LogP contribution in [0.25, 0.3) is 0 Å². The zero-order chi connectivity index (χ0) is 16.5. The van der Waals surface area contributed by atoms with E-state index in [1.54, 1.807) is 12.1 Å². The quantitative estimate of drug-likeness (QED) is 0.369. The van der Waals surface area contributed by atoms with E-state index in [0.29, 0.717) is 17.2 Å². The smallest absolute Gasteiger partial charge is 0.270 e. The third-order valence-electron chi connectivity index (χ3n) is 3.00. The second kappa shape index (κ2) is 8.60. The Labute approximate surface area is 139 Å². The molecule has 2 rings (SSSR count). The van der Waals surface area contributed by atoms with Crippen molar-refractivity contribution in [2.75, 3.05) is 6.54 Å². The molecule has 0 aliphatic rings. The minimum absolute atomic E-state index is 0.0255. The number of hydrogen-bond acceptors (Lipinski definition) is 4. The number of nitro groups is 1. The minimum atomic E-state index is -0.444. The number of thiocarbonyl (C=S) groups is 1. The molecule has 6 nitrogen and oxygen atoms in total. The molecule has 2 aromatic carbocycles. The van der Waals surface area contributed by atoms with Gasteiger partial charge >= 0.3 is 0 Å². The number of nitrogens with one attached hydrogen (secondary N) is 2. The maximum Gasteiger partial charge on any atom is 0.270 e. The van der Waals surface area contributed by atoms with Crippen LogP contribution in [0, 0.1) is 10.1 Å². The van der Waals surface area contributed by atoms with E-state index in [2.05, 4.69) is 28.0 Å². The van der Waals surface area contributed by atoms with E-state index in [-0.39, 0.29) is 5.69 Å². The Bertz CT molecular complexity index is 704. The van der Waals surface area contributed by atoms with Crippen molar-refractivity contribution in [3.63, 3.8) is 0 Å². The van der Waals surface area contributed by atoms with Gasteiger partial charge in [0.15, 0.2) is 5.11 Å². The zero-order valence-electron chi connectivity index (χ0n) is 12.3. The molecular formula is C16H16N4O2S. The number of nitrogens with zero attached hydrogens (tertiary/aromatic N) is 2. The summed E-state index contributed by atoms with van der Waals surface area (Å²) in [5.74, 6) is 0. The summed E-state index contributed by atoms with van der Waals surface area (Å²) in [6.45, 7) is 0.697. The first kappa shape index (κ1) is 16.6. The molecule has 0 aliphatic carbocycles. The van der Waals surface area contributed by atoms with Gasteiger partial charge < -0.3 is 5.32 Å². The van der Waals surface area contributed by atoms with Crippen molar-refractivity contribution in [3.8, 4) is 0 Å². The molecule has 0 aliphatic heterocycles. The number of benzene rings is 2. The van der Waals surface area contributed by atoms with Crippen LogP contribution in [0.3, 0.4) is 0 Å². The van der Waals surface area contributed by atoms with Gasteiger partial charge in [-0.2, -0.15) is 5.10 Å². The highest BCUT2D eigenvalue weighted by Crippen LogP contribution is 2.11. The van der Waals surface area contributed by atoms with E-state index in [1.807, 2.05) is 18.2 Å². The first-order valence-corrected chi connectivity index (χ1v) is 7.41. The molecule has 0 atom stereocenters. The van der Waals surface area contributed by atoms with Crippen LogP contribution in [0.2, 0.25) is 0 Å². The fraction of sp³-hybridized carbons (Fsp3) is 0.125. The van der Waals surface area contributed by atoms with E-state index in [1.165, 1.54) is 23.9 Å². The van der Waals surface area contributed by atoms with E-state index < -0.39 is 4.92 Å². The van der Waals surface area contributed by atoms with Gasteiger partial charge in [0.25, 0.3) is 5.69 Å². The largest absolute Gasteiger partial charge is 0.361 e. The standard InChI is InChI=1S/C16H16N4O2S/c21-20(22)15-8-4-7-14(11-15)12-18-19-16(23)17-10-9-13-5-2-1-3-6-13/h1-8,11-12H,9-10H2,(H2,17,19,23)/b18-12-. The predicted octanol–water partition coefficient (Wildman–Crippen LogP) is 2.64. The Hall–Kier alpha value is -2.80. The maximum atomic E-state index is 10.7. The fourth-order valence-corrected chi connectivity index (χ4v) is 2.04. The second-order valence-electron chi connectivity index (χ2n) is 4.71. The van der Waals surface area contributed by atoms with Crippen LogP contribution in [0.4, 0.5) is 5.69 Å². The first-order valence-electron chi connectivity index (χ1n) is 7.00. The van der Waals surface area contributed by atoms with Crippen LogP contribution >= 0.6 is 12.2 Å². The summed E-state index contributed by atoms with van der Waals surface area (Å²) in [6, 6.07) is 16.3. The van der Waals surface area contributed by atoms with Crippen LogP contribution < -0.4 is 10.7 Å². The zero-order valence-corrected chi connectivity index (χ0v) is 13.1. The highest BCUT2D eigenvalue weighted by atomic mass is 32.1. The molecule has 0 fully saturated rings. The Balaban J connectivity index is 1.75. The number of non-ortho nitro benzene ring substituents is 1. The van der Waals surface area contributed by atoms with Gasteiger partial charge in [-0.3, -0.25) is 15.5 Å². The molecule has 2 N–H and O–H groups in total. The Morgan fingerprint density at radius 2 is 2.00 bits per heavy atom. The molecule has 0 aromatic heterocycles. The monoisotopic (exact) mass is 328 g/mol. The lowest BCUT2D eigenvalue weighted by Gasteiger charge is -2.06. The number of nitro benzene ring substituents is 1. The normalized spacial score (nSPS) is 10.4. The van der Waals surface area contributed by atoms with E-state index in [0.717, 1.165) is 6.42 Å². The van der Waals surface area contributed by atoms with Gasteiger partial charge in [0.2, 0.25) is 0 Å². The van der Waals surface area contributed by atoms with Crippen LogP contribution in [0.15, 0.2) is 59.7 Å². The molecule has 23 heavy (non-hydrogen) atoms.